The predicted molar refractivity (Wildman–Crippen MR) is 178 cm³/mol. The van der Waals surface area contributed by atoms with Gasteiger partial charge in [-0.15, -0.1) is 0 Å². The van der Waals surface area contributed by atoms with Crippen LogP contribution in [0.5, 0.6) is 0 Å². The predicted octanol–water partition coefficient (Wildman–Crippen LogP) is 10.4. The Labute approximate surface area is 249 Å². The number of hydrogen-bond acceptors (Lipinski definition) is 3. The standard InChI is InChI=1S/C40H28N2O/c1-3-11-33-30(8-1)31-9-2-4-12-34(31)39-38(33)41-24-36(42-39)28-22-18-26(19-23-28)25-16-20-27(21-17-25)29-13-7-14-35-32-10-5-6-15-37(32)43-40(29)35/h3-7,10-24H,1-2,8-9H2. The van der Waals surface area contributed by atoms with Crippen molar-refractivity contribution in [3.05, 3.63) is 132 Å². The van der Waals surface area contributed by atoms with Crippen molar-refractivity contribution in [2.75, 3.05) is 0 Å². The van der Waals surface area contributed by atoms with E-state index in [9.17, 15) is 0 Å². The van der Waals surface area contributed by atoms with Gasteiger partial charge in [-0.25, -0.2) is 4.98 Å². The van der Waals surface area contributed by atoms with Crippen LogP contribution >= 0.6 is 0 Å². The first-order chi connectivity index (χ1) is 21.3. The van der Waals surface area contributed by atoms with E-state index >= 15 is 0 Å². The average Bonchev–Trinajstić information content (AvgIpc) is 3.47. The van der Waals surface area contributed by atoms with E-state index in [1.54, 1.807) is 0 Å². The monoisotopic (exact) mass is 552 g/mol. The number of allylic oxidation sites excluding steroid dienone is 2. The molecular weight excluding hydrogens is 524 g/mol. The Bertz CT molecular complexity index is 2270. The van der Waals surface area contributed by atoms with Crippen LogP contribution in [0.2, 0.25) is 0 Å². The van der Waals surface area contributed by atoms with Gasteiger partial charge in [-0.3, -0.25) is 4.98 Å². The van der Waals surface area contributed by atoms with Gasteiger partial charge >= 0.3 is 0 Å². The summed E-state index contributed by atoms with van der Waals surface area (Å²) >= 11 is 0. The number of fused-ring (bicyclic) bond motifs is 9. The molecule has 5 aromatic carbocycles. The van der Waals surface area contributed by atoms with Gasteiger partial charge in [0.25, 0.3) is 0 Å². The second-order valence-electron chi connectivity index (χ2n) is 11.6. The van der Waals surface area contributed by atoms with Crippen molar-refractivity contribution in [3.8, 4) is 33.5 Å². The van der Waals surface area contributed by atoms with E-state index in [-0.39, 0.29) is 0 Å². The third-order valence-electron chi connectivity index (χ3n) is 9.10. The number of hydrogen-bond donors (Lipinski definition) is 0. The highest BCUT2D eigenvalue weighted by Gasteiger charge is 2.22. The van der Waals surface area contributed by atoms with Crippen LogP contribution in [0, 0.1) is 0 Å². The minimum Gasteiger partial charge on any atom is -0.455 e. The zero-order valence-electron chi connectivity index (χ0n) is 23.7. The highest BCUT2D eigenvalue weighted by atomic mass is 16.3. The van der Waals surface area contributed by atoms with Gasteiger partial charge < -0.3 is 4.42 Å². The normalized spacial score (nSPS) is 14.0. The number of rotatable bonds is 3. The molecule has 3 nitrogen and oxygen atoms in total. The minimum absolute atomic E-state index is 0.911. The number of furan rings is 1. The molecule has 0 N–H and O–H groups in total. The molecule has 43 heavy (non-hydrogen) atoms. The summed E-state index contributed by atoms with van der Waals surface area (Å²) in [4.78, 5) is 10.2. The molecule has 2 heterocycles. The zero-order chi connectivity index (χ0) is 28.3. The first-order valence-corrected chi connectivity index (χ1v) is 15.1. The quantitative estimate of drug-likeness (QED) is 0.219. The van der Waals surface area contributed by atoms with Crippen molar-refractivity contribution in [1.29, 1.82) is 0 Å². The van der Waals surface area contributed by atoms with Crippen LogP contribution in [0.4, 0.5) is 0 Å². The summed E-state index contributed by atoms with van der Waals surface area (Å²) in [5.41, 5.74) is 16.0. The molecule has 7 aromatic rings. The van der Waals surface area contributed by atoms with Crippen LogP contribution in [0.25, 0.3) is 78.6 Å². The molecule has 0 unspecified atom stereocenters. The van der Waals surface area contributed by atoms with E-state index in [1.165, 1.54) is 33.4 Å². The Hall–Kier alpha value is -5.28. The minimum atomic E-state index is 0.911. The van der Waals surface area contributed by atoms with Gasteiger partial charge in [0.1, 0.15) is 11.2 Å². The summed E-state index contributed by atoms with van der Waals surface area (Å²) in [6, 6.07) is 32.1. The molecule has 2 aliphatic rings. The van der Waals surface area contributed by atoms with Crippen molar-refractivity contribution >= 4 is 45.1 Å². The van der Waals surface area contributed by atoms with Gasteiger partial charge in [0.15, 0.2) is 0 Å². The molecule has 204 valence electrons. The van der Waals surface area contributed by atoms with E-state index in [0.717, 1.165) is 81.0 Å². The van der Waals surface area contributed by atoms with Crippen molar-refractivity contribution < 1.29 is 4.42 Å². The first-order valence-electron chi connectivity index (χ1n) is 15.1. The number of benzene rings is 5. The Kier molecular flexibility index (Phi) is 5.45. The van der Waals surface area contributed by atoms with Crippen LogP contribution in [0.15, 0.2) is 114 Å². The highest BCUT2D eigenvalue weighted by molar-refractivity contribution is 6.09. The van der Waals surface area contributed by atoms with Gasteiger partial charge in [0.05, 0.1) is 22.9 Å². The van der Waals surface area contributed by atoms with E-state index in [4.69, 9.17) is 14.4 Å². The molecule has 0 radical (unpaired) electrons. The molecule has 0 spiro atoms. The van der Waals surface area contributed by atoms with E-state index < -0.39 is 0 Å². The molecular formula is C40H28N2O. The summed E-state index contributed by atoms with van der Waals surface area (Å²) in [5.74, 6) is 0. The zero-order valence-corrected chi connectivity index (χ0v) is 23.7. The maximum atomic E-state index is 6.27. The van der Waals surface area contributed by atoms with Crippen molar-refractivity contribution in [2.45, 2.75) is 25.7 Å². The molecule has 0 saturated carbocycles. The molecule has 9 rings (SSSR count). The van der Waals surface area contributed by atoms with Crippen LogP contribution < -0.4 is 0 Å². The lowest BCUT2D eigenvalue weighted by molar-refractivity contribution is 0.670. The van der Waals surface area contributed by atoms with Crippen LogP contribution in [0.1, 0.15) is 35.1 Å². The molecule has 2 aromatic heterocycles. The topological polar surface area (TPSA) is 38.9 Å². The second-order valence-corrected chi connectivity index (χ2v) is 11.6. The summed E-state index contributed by atoms with van der Waals surface area (Å²) in [7, 11) is 0. The molecule has 0 saturated heterocycles. The van der Waals surface area contributed by atoms with Gasteiger partial charge in [0, 0.05) is 33.0 Å². The Balaban J connectivity index is 1.05. The lowest BCUT2D eigenvalue weighted by Crippen LogP contribution is -2.08. The van der Waals surface area contributed by atoms with E-state index in [2.05, 4.69) is 103 Å². The van der Waals surface area contributed by atoms with Gasteiger partial charge in [-0.2, -0.15) is 0 Å². The molecule has 3 heteroatoms. The van der Waals surface area contributed by atoms with E-state index in [0.29, 0.717) is 0 Å². The summed E-state index contributed by atoms with van der Waals surface area (Å²) in [5, 5.41) is 2.30. The molecule has 0 bridgehead atoms. The van der Waals surface area contributed by atoms with E-state index in [1.807, 2.05) is 18.3 Å². The molecule has 2 aliphatic carbocycles. The molecule has 0 aliphatic heterocycles. The fourth-order valence-electron chi connectivity index (χ4n) is 6.96. The second kappa shape index (κ2) is 9.64. The van der Waals surface area contributed by atoms with Crippen LogP contribution in [0.3, 0.4) is 0 Å². The Morgan fingerprint density at radius 1 is 0.558 bits per heavy atom. The van der Waals surface area contributed by atoms with Crippen molar-refractivity contribution in [1.82, 2.24) is 9.97 Å². The SMILES string of the molecule is C1=Cc2c(c3c(c4nc(-c5ccc(-c6ccc(-c7cccc8c7oc7ccccc78)cc6)cc5)cnc24)C=CCC3)CC1. The van der Waals surface area contributed by atoms with Gasteiger partial charge in [-0.1, -0.05) is 109 Å². The number of nitrogens with zero attached hydrogens (tertiary/aromatic N) is 2. The van der Waals surface area contributed by atoms with Gasteiger partial charge in [0.2, 0.25) is 0 Å². The maximum Gasteiger partial charge on any atom is 0.143 e. The lowest BCUT2D eigenvalue weighted by Gasteiger charge is -2.22. The largest absolute Gasteiger partial charge is 0.455 e. The summed E-state index contributed by atoms with van der Waals surface area (Å²) < 4.78 is 6.27. The maximum absolute atomic E-state index is 6.27. The number of aromatic nitrogens is 2. The fourth-order valence-corrected chi connectivity index (χ4v) is 6.96. The van der Waals surface area contributed by atoms with Crippen LogP contribution in [-0.4, -0.2) is 9.97 Å². The fraction of sp³-hybridized carbons (Fsp3) is 0.100. The van der Waals surface area contributed by atoms with Crippen molar-refractivity contribution in [3.63, 3.8) is 0 Å². The average molecular weight is 553 g/mol. The van der Waals surface area contributed by atoms with Gasteiger partial charge in [-0.05, 0) is 59.6 Å². The lowest BCUT2D eigenvalue weighted by atomic mass is 9.84. The van der Waals surface area contributed by atoms with Crippen molar-refractivity contribution in [2.24, 2.45) is 0 Å². The van der Waals surface area contributed by atoms with Crippen LogP contribution in [-0.2, 0) is 12.8 Å². The Morgan fingerprint density at radius 3 is 1.93 bits per heavy atom. The molecule has 0 atom stereocenters. The Morgan fingerprint density at radius 2 is 1.19 bits per heavy atom. The smallest absolute Gasteiger partial charge is 0.143 e. The third kappa shape index (κ3) is 3.89. The third-order valence-corrected chi connectivity index (χ3v) is 9.10. The highest BCUT2D eigenvalue weighted by Crippen LogP contribution is 2.38. The number of para-hydroxylation sites is 2. The summed E-state index contributed by atoms with van der Waals surface area (Å²) in [6.07, 6.45) is 15.4. The first kappa shape index (κ1) is 24.3. The summed E-state index contributed by atoms with van der Waals surface area (Å²) in [6.45, 7) is 0. The molecule has 0 fully saturated rings. The molecule has 0 amide bonds.